The van der Waals surface area contributed by atoms with E-state index in [4.69, 9.17) is 0 Å². The van der Waals surface area contributed by atoms with Crippen LogP contribution < -0.4 is 0 Å². The molecule has 0 aliphatic rings. The average molecular weight is 222 g/mol. The van der Waals surface area contributed by atoms with Gasteiger partial charge in [0.15, 0.2) is 0 Å². The Morgan fingerprint density at radius 1 is 1.44 bits per heavy atom. The van der Waals surface area contributed by atoms with E-state index in [1.54, 1.807) is 19.1 Å². The summed E-state index contributed by atoms with van der Waals surface area (Å²) in [6.45, 7) is 9.30. The van der Waals surface area contributed by atoms with Crippen LogP contribution in [0.25, 0.3) is 0 Å². The van der Waals surface area contributed by atoms with Gasteiger partial charge in [-0.1, -0.05) is 56.2 Å². The molecule has 0 aliphatic carbocycles. The molecule has 0 spiro atoms. The molecule has 1 unspecified atom stereocenters. The zero-order chi connectivity index (χ0) is 12.6. The fourth-order valence-electron chi connectivity index (χ4n) is 1.47. The average Bonchev–Trinajstić information content (AvgIpc) is 2.25. The first-order valence-corrected chi connectivity index (χ1v) is 5.69. The third kappa shape index (κ3) is 4.05. The predicted octanol–water partition coefficient (Wildman–Crippen LogP) is 3.96. The molecule has 1 atom stereocenters. The molecule has 0 aromatic heterocycles. The van der Waals surface area contributed by atoms with Crippen LogP contribution in [0.5, 0.6) is 0 Å². The third-order valence-electron chi connectivity index (χ3n) is 2.97. The molecule has 0 amide bonds. The lowest BCUT2D eigenvalue weighted by atomic mass is 9.78. The van der Waals surface area contributed by atoms with Gasteiger partial charge in [-0.3, -0.25) is 4.79 Å². The molecule has 0 aromatic carbocycles. The Bertz CT molecular complexity index is 300. The van der Waals surface area contributed by atoms with Gasteiger partial charge in [0.2, 0.25) is 0 Å². The highest BCUT2D eigenvalue weighted by Crippen LogP contribution is 2.33. The van der Waals surface area contributed by atoms with E-state index in [-0.39, 0.29) is 0 Å². The van der Waals surface area contributed by atoms with Crippen LogP contribution in [0, 0.1) is 5.41 Å². The smallest absolute Gasteiger partial charge is 0.313 e. The summed E-state index contributed by atoms with van der Waals surface area (Å²) in [4.78, 5) is 11.3. The van der Waals surface area contributed by atoms with Gasteiger partial charge in [0.1, 0.15) is 0 Å². The number of rotatable bonds is 7. The number of hydrogen-bond donors (Lipinski definition) is 1. The number of allylic oxidation sites excluding steroid dienone is 4. The van der Waals surface area contributed by atoms with Gasteiger partial charge in [0, 0.05) is 0 Å². The Hall–Kier alpha value is -1.31. The lowest BCUT2D eigenvalue weighted by Gasteiger charge is -2.25. The summed E-state index contributed by atoms with van der Waals surface area (Å²) in [5, 5.41) is 9.30. The molecule has 0 saturated carbocycles. The van der Waals surface area contributed by atoms with Crippen LogP contribution in [0.15, 0.2) is 36.5 Å². The van der Waals surface area contributed by atoms with E-state index in [1.807, 2.05) is 19.1 Å². The van der Waals surface area contributed by atoms with Gasteiger partial charge in [-0.05, 0) is 20.3 Å². The second-order valence-electron chi connectivity index (χ2n) is 4.21. The van der Waals surface area contributed by atoms with Gasteiger partial charge in [0.25, 0.3) is 0 Å². The first-order chi connectivity index (χ1) is 7.49. The Labute approximate surface area is 98.4 Å². The highest BCUT2D eigenvalue weighted by Gasteiger charge is 2.33. The molecular weight excluding hydrogens is 200 g/mol. The van der Waals surface area contributed by atoms with Crippen molar-refractivity contribution in [1.29, 1.82) is 0 Å². The molecule has 0 fully saturated rings. The minimum absolute atomic E-state index is 0.684. The Balaban J connectivity index is 4.88. The lowest BCUT2D eigenvalue weighted by Crippen LogP contribution is -2.28. The van der Waals surface area contributed by atoms with Gasteiger partial charge in [-0.15, -0.1) is 0 Å². The van der Waals surface area contributed by atoms with Gasteiger partial charge < -0.3 is 5.11 Å². The molecule has 0 heterocycles. The summed E-state index contributed by atoms with van der Waals surface area (Å²) in [5.41, 5.74) is 0.133. The SMILES string of the molecule is C=C/C=C\C=C(/C)C(C)(CCCC)C(=O)O. The van der Waals surface area contributed by atoms with E-state index in [0.717, 1.165) is 18.4 Å². The molecule has 0 saturated heterocycles. The van der Waals surface area contributed by atoms with Crippen LogP contribution in [0.4, 0.5) is 0 Å². The van der Waals surface area contributed by atoms with E-state index in [1.165, 1.54) is 0 Å². The highest BCUT2D eigenvalue weighted by molar-refractivity contribution is 5.78. The molecule has 16 heavy (non-hydrogen) atoms. The van der Waals surface area contributed by atoms with Crippen molar-refractivity contribution in [2.75, 3.05) is 0 Å². The lowest BCUT2D eigenvalue weighted by molar-refractivity contribution is -0.146. The number of unbranched alkanes of at least 4 members (excludes halogenated alkanes) is 1. The van der Waals surface area contributed by atoms with Crippen molar-refractivity contribution in [3.63, 3.8) is 0 Å². The van der Waals surface area contributed by atoms with Gasteiger partial charge in [-0.2, -0.15) is 0 Å². The maximum Gasteiger partial charge on any atom is 0.313 e. The van der Waals surface area contributed by atoms with Gasteiger partial charge in [-0.25, -0.2) is 0 Å². The zero-order valence-corrected chi connectivity index (χ0v) is 10.5. The second-order valence-corrected chi connectivity index (χ2v) is 4.21. The normalized spacial score (nSPS) is 16.1. The van der Waals surface area contributed by atoms with E-state index < -0.39 is 11.4 Å². The summed E-state index contributed by atoms with van der Waals surface area (Å²) < 4.78 is 0. The molecular formula is C14H22O2. The van der Waals surface area contributed by atoms with Crippen molar-refractivity contribution >= 4 is 5.97 Å². The fraction of sp³-hybridized carbons (Fsp3) is 0.500. The minimum Gasteiger partial charge on any atom is -0.481 e. The van der Waals surface area contributed by atoms with Crippen LogP contribution in [-0.4, -0.2) is 11.1 Å². The number of aliphatic carboxylic acids is 1. The number of carboxylic acid groups (broad SMARTS) is 1. The maximum atomic E-state index is 11.3. The third-order valence-corrected chi connectivity index (χ3v) is 2.97. The van der Waals surface area contributed by atoms with Crippen LogP contribution in [0.2, 0.25) is 0 Å². The predicted molar refractivity (Wildman–Crippen MR) is 68.4 cm³/mol. The zero-order valence-electron chi connectivity index (χ0n) is 10.5. The Morgan fingerprint density at radius 2 is 2.06 bits per heavy atom. The van der Waals surface area contributed by atoms with Crippen LogP contribution in [-0.2, 0) is 4.79 Å². The molecule has 0 radical (unpaired) electrons. The number of hydrogen-bond acceptors (Lipinski definition) is 1. The van der Waals surface area contributed by atoms with Crippen LogP contribution >= 0.6 is 0 Å². The van der Waals surface area contributed by atoms with Crippen molar-refractivity contribution in [3.8, 4) is 0 Å². The summed E-state index contributed by atoms with van der Waals surface area (Å²) in [7, 11) is 0. The maximum absolute atomic E-state index is 11.3. The van der Waals surface area contributed by atoms with Crippen molar-refractivity contribution < 1.29 is 9.90 Å². The fourth-order valence-corrected chi connectivity index (χ4v) is 1.47. The quantitative estimate of drug-likeness (QED) is 0.662. The summed E-state index contributed by atoms with van der Waals surface area (Å²) in [6.07, 6.45) is 9.78. The largest absolute Gasteiger partial charge is 0.481 e. The molecule has 0 rings (SSSR count). The van der Waals surface area contributed by atoms with Gasteiger partial charge >= 0.3 is 5.97 Å². The first kappa shape index (κ1) is 14.7. The standard InChI is InChI=1S/C14H22O2/c1-5-7-9-10-12(3)14(4,13(15)16)11-8-6-2/h5,7,9-10H,1,6,8,11H2,2-4H3,(H,15,16)/b9-7-,12-10+. The highest BCUT2D eigenvalue weighted by atomic mass is 16.4. The molecule has 1 N–H and O–H groups in total. The van der Waals surface area contributed by atoms with E-state index >= 15 is 0 Å². The minimum atomic E-state index is -0.748. The van der Waals surface area contributed by atoms with Crippen molar-refractivity contribution in [3.05, 3.63) is 36.5 Å². The van der Waals surface area contributed by atoms with E-state index in [2.05, 4.69) is 13.5 Å². The summed E-state index contributed by atoms with van der Waals surface area (Å²) >= 11 is 0. The van der Waals surface area contributed by atoms with Crippen LogP contribution in [0.1, 0.15) is 40.0 Å². The molecule has 0 bridgehead atoms. The Kier molecular flexibility index (Phi) is 6.47. The first-order valence-electron chi connectivity index (χ1n) is 5.69. The number of carboxylic acids is 1. The molecule has 0 aliphatic heterocycles. The van der Waals surface area contributed by atoms with E-state index in [9.17, 15) is 9.90 Å². The van der Waals surface area contributed by atoms with Crippen molar-refractivity contribution in [2.45, 2.75) is 40.0 Å². The summed E-state index contributed by atoms with van der Waals surface area (Å²) in [6, 6.07) is 0. The molecule has 2 heteroatoms. The Morgan fingerprint density at radius 3 is 2.50 bits per heavy atom. The molecule has 2 nitrogen and oxygen atoms in total. The number of carbonyl (C=O) groups is 1. The second kappa shape index (κ2) is 7.04. The summed E-state index contributed by atoms with van der Waals surface area (Å²) in [5.74, 6) is -0.748. The van der Waals surface area contributed by atoms with Gasteiger partial charge in [0.05, 0.1) is 5.41 Å². The van der Waals surface area contributed by atoms with E-state index in [0.29, 0.717) is 6.42 Å². The topological polar surface area (TPSA) is 37.3 Å². The molecule has 0 aromatic rings. The van der Waals surface area contributed by atoms with Crippen LogP contribution in [0.3, 0.4) is 0 Å². The molecule has 90 valence electrons. The monoisotopic (exact) mass is 222 g/mol. The van der Waals surface area contributed by atoms with Crippen molar-refractivity contribution in [1.82, 2.24) is 0 Å². The van der Waals surface area contributed by atoms with Crippen molar-refractivity contribution in [2.24, 2.45) is 5.41 Å².